The van der Waals surface area contributed by atoms with Crippen LogP contribution in [-0.2, 0) is 19.2 Å². The molecule has 0 saturated carbocycles. The fourth-order valence-electron chi connectivity index (χ4n) is 3.70. The molecule has 1 rings (SSSR count). The summed E-state index contributed by atoms with van der Waals surface area (Å²) >= 11 is 1.50. The minimum absolute atomic E-state index is 0.0599. The number of aliphatic imine (C=N–C) groups is 1. The number of nitrogens with two attached hydrogens (primary N) is 2. The molecule has 0 bridgehead atoms. The first kappa shape index (κ1) is 30.5. The lowest BCUT2D eigenvalue weighted by atomic mass is 10.0. The van der Waals surface area contributed by atoms with Gasteiger partial charge in [-0.3, -0.25) is 19.4 Å². The lowest BCUT2D eigenvalue weighted by molar-refractivity contribution is -0.142. The normalized spacial score (nSPS) is 17.8. The van der Waals surface area contributed by atoms with Crippen LogP contribution in [0.1, 0.15) is 52.4 Å². The number of carboxylic acids is 1. The third-order valence-electron chi connectivity index (χ3n) is 5.52. The molecule has 1 heterocycles. The molecule has 9 N–H and O–H groups in total. The van der Waals surface area contributed by atoms with Crippen LogP contribution in [0.2, 0.25) is 0 Å². The summed E-state index contributed by atoms with van der Waals surface area (Å²) in [7, 11) is 0. The second kappa shape index (κ2) is 16.2. The summed E-state index contributed by atoms with van der Waals surface area (Å²) < 4.78 is 0. The molecule has 35 heavy (non-hydrogen) atoms. The van der Waals surface area contributed by atoms with Crippen molar-refractivity contribution in [3.05, 3.63) is 0 Å². The Morgan fingerprint density at radius 1 is 1.06 bits per heavy atom. The van der Waals surface area contributed by atoms with Gasteiger partial charge in [-0.1, -0.05) is 13.8 Å². The first-order valence-corrected chi connectivity index (χ1v) is 13.4. The summed E-state index contributed by atoms with van der Waals surface area (Å²) in [5, 5.41) is 20.6. The molecule has 1 aliphatic heterocycles. The zero-order chi connectivity index (χ0) is 26.4. The molecule has 200 valence electrons. The molecule has 13 heteroatoms. The number of rotatable bonds is 16. The molecule has 0 spiro atoms. The monoisotopic (exact) mass is 515 g/mol. The smallest absolute Gasteiger partial charge is 0.326 e. The second-order valence-electron chi connectivity index (χ2n) is 9.03. The number of carbonyl (C=O) groups is 4. The van der Waals surface area contributed by atoms with Crippen molar-refractivity contribution in [2.45, 2.75) is 76.5 Å². The number of carbonyl (C=O) groups excluding carboxylic acids is 3. The van der Waals surface area contributed by atoms with Gasteiger partial charge in [-0.2, -0.15) is 11.8 Å². The lowest BCUT2D eigenvalue weighted by Gasteiger charge is -2.25. The number of aliphatic carboxylic acids is 1. The van der Waals surface area contributed by atoms with Gasteiger partial charge in [-0.05, 0) is 63.0 Å². The van der Waals surface area contributed by atoms with Crippen LogP contribution in [0.4, 0.5) is 0 Å². The van der Waals surface area contributed by atoms with Gasteiger partial charge in [-0.15, -0.1) is 0 Å². The van der Waals surface area contributed by atoms with E-state index in [0.29, 0.717) is 25.0 Å². The summed E-state index contributed by atoms with van der Waals surface area (Å²) in [4.78, 5) is 54.2. The Morgan fingerprint density at radius 2 is 1.69 bits per heavy atom. The number of nitrogens with zero attached hydrogens (tertiary/aromatic N) is 1. The molecule has 0 aromatic heterocycles. The molecule has 1 saturated heterocycles. The van der Waals surface area contributed by atoms with E-state index in [0.717, 1.165) is 13.0 Å². The lowest BCUT2D eigenvalue weighted by Crippen LogP contribution is -2.57. The molecule has 1 aliphatic rings. The van der Waals surface area contributed by atoms with E-state index < -0.39 is 35.9 Å². The Morgan fingerprint density at radius 3 is 2.20 bits per heavy atom. The predicted molar refractivity (Wildman–Crippen MR) is 137 cm³/mol. The third kappa shape index (κ3) is 12.1. The molecule has 0 aromatic carbocycles. The fourth-order valence-corrected chi connectivity index (χ4v) is 4.17. The maximum atomic E-state index is 13.2. The molecule has 4 unspecified atom stereocenters. The van der Waals surface area contributed by atoms with Crippen molar-refractivity contribution in [2.75, 3.05) is 25.1 Å². The Hall–Kier alpha value is -2.54. The molecule has 4 atom stereocenters. The summed E-state index contributed by atoms with van der Waals surface area (Å²) in [6, 6.07) is -3.26. The number of guanidine groups is 1. The molecule has 0 aromatic rings. The summed E-state index contributed by atoms with van der Waals surface area (Å²) in [6.45, 7) is 4.75. The third-order valence-corrected chi connectivity index (χ3v) is 6.16. The molecule has 1 fully saturated rings. The van der Waals surface area contributed by atoms with Crippen molar-refractivity contribution < 1.29 is 24.3 Å². The Labute approximate surface area is 211 Å². The van der Waals surface area contributed by atoms with Gasteiger partial charge in [0.1, 0.15) is 18.1 Å². The second-order valence-corrected chi connectivity index (χ2v) is 10.0. The SMILES string of the molecule is CSCCC(NC(=O)C(CCCN=C(N)N)NC(=O)C1CCCN1)C(=O)NC(CC(C)C)C(=O)O. The molecule has 3 amide bonds. The standard InChI is InChI=1S/C22H41N7O5S/c1-13(2)12-17(21(33)34)29-20(32)16(8-11-35-3)28-19(31)15(7-5-10-26-22(23)24)27-18(30)14-6-4-9-25-14/h13-17,25H,4-12H2,1-3H3,(H,27,30)(H,28,31)(H,29,32)(H,33,34)(H4,23,24,26). The first-order valence-electron chi connectivity index (χ1n) is 12.0. The Kier molecular flexibility index (Phi) is 14.1. The molecular weight excluding hydrogens is 474 g/mol. The van der Waals surface area contributed by atoms with Crippen LogP contribution in [0.5, 0.6) is 0 Å². The van der Waals surface area contributed by atoms with Crippen molar-refractivity contribution >= 4 is 41.4 Å². The van der Waals surface area contributed by atoms with E-state index in [-0.39, 0.29) is 43.2 Å². The van der Waals surface area contributed by atoms with Crippen LogP contribution < -0.4 is 32.7 Å². The first-order chi connectivity index (χ1) is 16.5. The maximum absolute atomic E-state index is 13.2. The number of thioether (sulfide) groups is 1. The van der Waals surface area contributed by atoms with E-state index in [9.17, 15) is 24.3 Å². The van der Waals surface area contributed by atoms with E-state index in [1.54, 1.807) is 0 Å². The zero-order valence-corrected chi connectivity index (χ0v) is 21.7. The van der Waals surface area contributed by atoms with Gasteiger partial charge in [0.25, 0.3) is 0 Å². The minimum Gasteiger partial charge on any atom is -0.480 e. The van der Waals surface area contributed by atoms with Crippen LogP contribution >= 0.6 is 11.8 Å². The van der Waals surface area contributed by atoms with Crippen LogP contribution in [0.25, 0.3) is 0 Å². The quantitative estimate of drug-likeness (QED) is 0.0775. The highest BCUT2D eigenvalue weighted by molar-refractivity contribution is 7.98. The highest BCUT2D eigenvalue weighted by atomic mass is 32.2. The number of amides is 3. The van der Waals surface area contributed by atoms with Gasteiger partial charge < -0.3 is 37.8 Å². The van der Waals surface area contributed by atoms with Crippen LogP contribution in [0.3, 0.4) is 0 Å². The molecule has 12 nitrogen and oxygen atoms in total. The fraction of sp³-hybridized carbons (Fsp3) is 0.773. The highest BCUT2D eigenvalue weighted by Gasteiger charge is 2.31. The van der Waals surface area contributed by atoms with Crippen LogP contribution in [0.15, 0.2) is 4.99 Å². The van der Waals surface area contributed by atoms with Crippen molar-refractivity contribution in [1.82, 2.24) is 21.3 Å². The largest absolute Gasteiger partial charge is 0.480 e. The average molecular weight is 516 g/mol. The van der Waals surface area contributed by atoms with E-state index in [1.165, 1.54) is 11.8 Å². The number of carboxylic acid groups (broad SMARTS) is 1. The Bertz CT molecular complexity index is 740. The van der Waals surface area contributed by atoms with Crippen LogP contribution in [-0.4, -0.2) is 84.0 Å². The van der Waals surface area contributed by atoms with Crippen LogP contribution in [0, 0.1) is 5.92 Å². The van der Waals surface area contributed by atoms with E-state index >= 15 is 0 Å². The summed E-state index contributed by atoms with van der Waals surface area (Å²) in [6.07, 6.45) is 4.70. The van der Waals surface area contributed by atoms with E-state index in [2.05, 4.69) is 26.3 Å². The van der Waals surface area contributed by atoms with Crippen molar-refractivity contribution in [2.24, 2.45) is 22.4 Å². The predicted octanol–water partition coefficient (Wildman–Crippen LogP) is -0.870. The Balaban J connectivity index is 2.93. The van der Waals surface area contributed by atoms with Gasteiger partial charge in [0.2, 0.25) is 17.7 Å². The summed E-state index contributed by atoms with van der Waals surface area (Å²) in [5.41, 5.74) is 10.7. The van der Waals surface area contributed by atoms with Crippen molar-refractivity contribution in [3.8, 4) is 0 Å². The zero-order valence-electron chi connectivity index (χ0n) is 20.8. The number of nitrogens with one attached hydrogen (secondary N) is 4. The topological polar surface area (TPSA) is 201 Å². The highest BCUT2D eigenvalue weighted by Crippen LogP contribution is 2.10. The summed E-state index contributed by atoms with van der Waals surface area (Å²) in [5.74, 6) is -1.92. The number of hydrogen-bond acceptors (Lipinski definition) is 7. The average Bonchev–Trinajstić information content (AvgIpc) is 3.32. The van der Waals surface area contributed by atoms with Gasteiger partial charge in [0.15, 0.2) is 5.96 Å². The van der Waals surface area contributed by atoms with Gasteiger partial charge in [0, 0.05) is 6.54 Å². The molecular formula is C22H41N7O5S. The molecule has 0 aliphatic carbocycles. The molecule has 0 radical (unpaired) electrons. The maximum Gasteiger partial charge on any atom is 0.326 e. The number of hydrogen-bond donors (Lipinski definition) is 7. The van der Waals surface area contributed by atoms with E-state index in [1.807, 2.05) is 20.1 Å². The van der Waals surface area contributed by atoms with Gasteiger partial charge in [0.05, 0.1) is 6.04 Å². The van der Waals surface area contributed by atoms with Crippen molar-refractivity contribution in [1.29, 1.82) is 0 Å². The van der Waals surface area contributed by atoms with E-state index in [4.69, 9.17) is 11.5 Å². The van der Waals surface area contributed by atoms with Gasteiger partial charge >= 0.3 is 5.97 Å². The van der Waals surface area contributed by atoms with Gasteiger partial charge in [-0.25, -0.2) is 4.79 Å². The minimum atomic E-state index is -1.13. The van der Waals surface area contributed by atoms with Crippen molar-refractivity contribution in [3.63, 3.8) is 0 Å².